The topological polar surface area (TPSA) is 75.3 Å². The molecule has 25 heavy (non-hydrogen) atoms. The molecule has 0 saturated heterocycles. The van der Waals surface area contributed by atoms with Gasteiger partial charge < -0.3 is 5.32 Å². The number of halogens is 1. The van der Waals surface area contributed by atoms with Crippen LogP contribution < -0.4 is 10.0 Å². The summed E-state index contributed by atoms with van der Waals surface area (Å²) in [6.45, 7) is 1.66. The van der Waals surface area contributed by atoms with Crippen molar-refractivity contribution >= 4 is 21.6 Å². The highest BCUT2D eigenvalue weighted by molar-refractivity contribution is 7.89. The molecule has 1 amide bonds. The maximum absolute atomic E-state index is 13.1. The van der Waals surface area contributed by atoms with E-state index in [2.05, 4.69) is 10.0 Å². The minimum absolute atomic E-state index is 0.136. The van der Waals surface area contributed by atoms with Crippen molar-refractivity contribution in [3.8, 4) is 0 Å². The number of rotatable bonds is 6. The van der Waals surface area contributed by atoms with Crippen molar-refractivity contribution in [3.05, 3.63) is 59.9 Å². The first kappa shape index (κ1) is 17.6. The summed E-state index contributed by atoms with van der Waals surface area (Å²) in [4.78, 5) is 11.1. The minimum Gasteiger partial charge on any atom is -0.326 e. The average Bonchev–Trinajstić information content (AvgIpc) is 3.35. The molecule has 5 nitrogen and oxygen atoms in total. The van der Waals surface area contributed by atoms with E-state index in [0.29, 0.717) is 5.69 Å². The van der Waals surface area contributed by atoms with Crippen molar-refractivity contribution < 1.29 is 17.6 Å². The van der Waals surface area contributed by atoms with E-state index in [9.17, 15) is 17.6 Å². The zero-order valence-corrected chi connectivity index (χ0v) is 14.6. The van der Waals surface area contributed by atoms with E-state index in [4.69, 9.17) is 0 Å². The van der Waals surface area contributed by atoms with Crippen molar-refractivity contribution in [1.82, 2.24) is 4.72 Å². The van der Waals surface area contributed by atoms with E-state index in [0.717, 1.165) is 18.4 Å². The summed E-state index contributed by atoms with van der Waals surface area (Å²) in [5.74, 6) is -0.525. The summed E-state index contributed by atoms with van der Waals surface area (Å²) in [5, 5.41) is 2.59. The van der Waals surface area contributed by atoms with Crippen LogP contribution in [0.4, 0.5) is 10.1 Å². The van der Waals surface area contributed by atoms with Crippen LogP contribution in [0.1, 0.15) is 25.3 Å². The van der Waals surface area contributed by atoms with Gasteiger partial charge in [-0.3, -0.25) is 4.79 Å². The van der Waals surface area contributed by atoms with Crippen molar-refractivity contribution in [2.45, 2.75) is 30.1 Å². The van der Waals surface area contributed by atoms with Gasteiger partial charge in [-0.1, -0.05) is 12.1 Å². The summed E-state index contributed by atoms with van der Waals surface area (Å²) >= 11 is 0. The molecule has 132 valence electrons. The fourth-order valence-corrected chi connectivity index (χ4v) is 3.89. The zero-order chi connectivity index (χ0) is 18.1. The highest BCUT2D eigenvalue weighted by Crippen LogP contribution is 2.47. The summed E-state index contributed by atoms with van der Waals surface area (Å²) in [6, 6.07) is 12.2. The van der Waals surface area contributed by atoms with E-state index in [1.807, 2.05) is 0 Å². The number of hydrogen-bond donors (Lipinski definition) is 2. The average molecular weight is 362 g/mol. The number of hydrogen-bond acceptors (Lipinski definition) is 3. The second-order valence-corrected chi connectivity index (χ2v) is 8.08. The first-order chi connectivity index (χ1) is 11.8. The van der Waals surface area contributed by atoms with Crippen molar-refractivity contribution in [2.24, 2.45) is 0 Å². The Balaban J connectivity index is 1.69. The van der Waals surface area contributed by atoms with Crippen LogP contribution in [0.3, 0.4) is 0 Å². The molecule has 0 bridgehead atoms. The number of benzene rings is 2. The van der Waals surface area contributed by atoms with Gasteiger partial charge in [0.15, 0.2) is 0 Å². The van der Waals surface area contributed by atoms with Crippen LogP contribution in [0, 0.1) is 5.82 Å². The normalized spacial score (nSPS) is 15.6. The number of sulfonamides is 1. The molecule has 0 aliphatic heterocycles. The number of carbonyl (C=O) groups is 1. The highest BCUT2D eigenvalue weighted by Gasteiger charge is 2.44. The first-order valence-electron chi connectivity index (χ1n) is 7.94. The van der Waals surface area contributed by atoms with Crippen LogP contribution in [0.5, 0.6) is 0 Å². The molecule has 0 radical (unpaired) electrons. The monoisotopic (exact) mass is 362 g/mol. The maximum atomic E-state index is 13.1. The zero-order valence-electron chi connectivity index (χ0n) is 13.8. The third-order valence-corrected chi connectivity index (χ3v) is 5.81. The van der Waals surface area contributed by atoms with Crippen LogP contribution in [-0.4, -0.2) is 20.9 Å². The second kappa shape index (κ2) is 6.57. The molecule has 0 aromatic heterocycles. The maximum Gasteiger partial charge on any atom is 0.240 e. The lowest BCUT2D eigenvalue weighted by Crippen LogP contribution is -2.32. The van der Waals surface area contributed by atoms with Gasteiger partial charge in [0.05, 0.1) is 4.90 Å². The van der Waals surface area contributed by atoms with Gasteiger partial charge in [-0.15, -0.1) is 0 Å². The SMILES string of the molecule is CC(=O)Nc1ccc(S(=O)(=O)NCC2(c3ccc(F)cc3)CC2)cc1. The number of anilines is 1. The molecule has 2 aromatic rings. The molecule has 0 spiro atoms. The summed E-state index contributed by atoms with van der Waals surface area (Å²) in [6.07, 6.45) is 1.73. The Bertz CT molecular complexity index is 874. The lowest BCUT2D eigenvalue weighted by molar-refractivity contribution is -0.114. The van der Waals surface area contributed by atoms with E-state index >= 15 is 0 Å². The lowest BCUT2D eigenvalue weighted by Gasteiger charge is -2.17. The number of amides is 1. The molecular formula is C18H19FN2O3S. The van der Waals surface area contributed by atoms with Gasteiger partial charge in [0.1, 0.15) is 5.82 Å². The Kier molecular flexibility index (Phi) is 4.62. The van der Waals surface area contributed by atoms with E-state index in [-0.39, 0.29) is 28.6 Å². The van der Waals surface area contributed by atoms with Crippen LogP contribution >= 0.6 is 0 Å². The molecule has 7 heteroatoms. The Morgan fingerprint density at radius 2 is 1.68 bits per heavy atom. The van der Waals surface area contributed by atoms with Gasteiger partial charge in [-0.2, -0.15) is 0 Å². The van der Waals surface area contributed by atoms with Gasteiger partial charge in [0.25, 0.3) is 0 Å². The van der Waals surface area contributed by atoms with Gasteiger partial charge in [0.2, 0.25) is 15.9 Å². The second-order valence-electron chi connectivity index (χ2n) is 6.32. The molecule has 2 N–H and O–H groups in total. The first-order valence-corrected chi connectivity index (χ1v) is 9.42. The van der Waals surface area contributed by atoms with Gasteiger partial charge in [-0.25, -0.2) is 17.5 Å². The van der Waals surface area contributed by atoms with Gasteiger partial charge in [0, 0.05) is 24.6 Å². The van der Waals surface area contributed by atoms with E-state index in [1.54, 1.807) is 24.3 Å². The molecule has 3 rings (SSSR count). The summed E-state index contributed by atoms with van der Waals surface area (Å²) in [7, 11) is -3.65. The summed E-state index contributed by atoms with van der Waals surface area (Å²) < 4.78 is 40.6. The minimum atomic E-state index is -3.65. The fraction of sp³-hybridized carbons (Fsp3) is 0.278. The molecule has 2 aromatic carbocycles. The molecule has 1 fully saturated rings. The quantitative estimate of drug-likeness (QED) is 0.830. The Labute approximate surface area is 146 Å². The van der Waals surface area contributed by atoms with Crippen molar-refractivity contribution in [1.29, 1.82) is 0 Å². The van der Waals surface area contributed by atoms with Crippen molar-refractivity contribution in [3.63, 3.8) is 0 Å². The number of nitrogens with one attached hydrogen (secondary N) is 2. The van der Waals surface area contributed by atoms with Crippen LogP contribution in [0.15, 0.2) is 53.4 Å². The largest absolute Gasteiger partial charge is 0.326 e. The molecule has 0 unspecified atom stereocenters. The smallest absolute Gasteiger partial charge is 0.240 e. The Hall–Kier alpha value is -2.25. The lowest BCUT2D eigenvalue weighted by atomic mass is 9.96. The predicted octanol–water partition coefficient (Wildman–Crippen LogP) is 2.79. The summed E-state index contributed by atoms with van der Waals surface area (Å²) in [5.41, 5.74) is 1.23. The van der Waals surface area contributed by atoms with Gasteiger partial charge >= 0.3 is 0 Å². The van der Waals surface area contributed by atoms with E-state index < -0.39 is 10.0 Å². The molecule has 0 heterocycles. The van der Waals surface area contributed by atoms with Crippen molar-refractivity contribution in [2.75, 3.05) is 11.9 Å². The molecular weight excluding hydrogens is 343 g/mol. The highest BCUT2D eigenvalue weighted by atomic mass is 32.2. The molecule has 0 atom stereocenters. The third kappa shape index (κ3) is 4.05. The Morgan fingerprint density at radius 1 is 1.08 bits per heavy atom. The van der Waals surface area contributed by atoms with E-state index in [1.165, 1.54) is 31.2 Å². The molecule has 1 aliphatic carbocycles. The predicted molar refractivity (Wildman–Crippen MR) is 93.2 cm³/mol. The molecule has 1 saturated carbocycles. The molecule has 1 aliphatic rings. The van der Waals surface area contributed by atoms with Crippen LogP contribution in [0.25, 0.3) is 0 Å². The fourth-order valence-electron chi connectivity index (χ4n) is 2.76. The van der Waals surface area contributed by atoms with Crippen LogP contribution in [-0.2, 0) is 20.2 Å². The Morgan fingerprint density at radius 3 is 2.20 bits per heavy atom. The van der Waals surface area contributed by atoms with Crippen LogP contribution in [0.2, 0.25) is 0 Å². The number of carbonyl (C=O) groups excluding carboxylic acids is 1. The van der Waals surface area contributed by atoms with Gasteiger partial charge in [-0.05, 0) is 54.8 Å². The standard InChI is InChI=1S/C18H19FN2O3S/c1-13(22)21-16-6-8-17(9-7-16)25(23,24)20-12-18(10-11-18)14-2-4-15(19)5-3-14/h2-9,20H,10-12H2,1H3,(H,21,22). The third-order valence-electron chi connectivity index (χ3n) is 4.40.